The molecule has 25 heavy (non-hydrogen) atoms. The Hall–Kier alpha value is -2.34. The second-order valence-electron chi connectivity index (χ2n) is 6.48. The maximum absolute atomic E-state index is 12.0. The van der Waals surface area contributed by atoms with Gasteiger partial charge in [-0.3, -0.25) is 4.79 Å². The molecule has 130 valence electrons. The van der Waals surface area contributed by atoms with Crippen molar-refractivity contribution in [2.24, 2.45) is 0 Å². The zero-order chi connectivity index (χ0) is 17.2. The van der Waals surface area contributed by atoms with E-state index in [2.05, 4.69) is 31.4 Å². The third-order valence-corrected chi connectivity index (χ3v) is 4.81. The summed E-state index contributed by atoms with van der Waals surface area (Å²) in [5.41, 5.74) is 1.53. The van der Waals surface area contributed by atoms with E-state index < -0.39 is 0 Å². The summed E-state index contributed by atoms with van der Waals surface area (Å²) < 4.78 is 0. The number of nitrogens with one attached hydrogen (secondary N) is 1. The molecule has 1 aromatic heterocycles. The van der Waals surface area contributed by atoms with Gasteiger partial charge in [0.15, 0.2) is 11.5 Å². The van der Waals surface area contributed by atoms with Gasteiger partial charge in [-0.25, -0.2) is 0 Å². The number of halogens is 1. The molecule has 1 saturated heterocycles. The van der Waals surface area contributed by atoms with Gasteiger partial charge in [0, 0.05) is 42.9 Å². The van der Waals surface area contributed by atoms with E-state index in [0.717, 1.165) is 55.5 Å². The first-order valence-corrected chi connectivity index (χ1v) is 8.97. The van der Waals surface area contributed by atoms with Crippen LogP contribution >= 0.6 is 11.6 Å². The van der Waals surface area contributed by atoms with E-state index in [1.54, 1.807) is 6.07 Å². The van der Waals surface area contributed by atoms with Gasteiger partial charge in [-0.05, 0) is 43.2 Å². The Labute approximate surface area is 151 Å². The van der Waals surface area contributed by atoms with E-state index in [9.17, 15) is 4.79 Å². The molecular formula is C18H20ClN5O. The van der Waals surface area contributed by atoms with Gasteiger partial charge in [0.2, 0.25) is 0 Å². The van der Waals surface area contributed by atoms with Crippen molar-refractivity contribution >= 4 is 29.0 Å². The zero-order valence-corrected chi connectivity index (χ0v) is 14.6. The van der Waals surface area contributed by atoms with Gasteiger partial charge >= 0.3 is 0 Å². The summed E-state index contributed by atoms with van der Waals surface area (Å²) in [6.45, 7) is 3.50. The molecule has 0 spiro atoms. The van der Waals surface area contributed by atoms with Crippen molar-refractivity contribution in [3.63, 3.8) is 0 Å². The minimum absolute atomic E-state index is 0.132. The second kappa shape index (κ2) is 6.88. The minimum Gasteiger partial charge on any atom is -0.368 e. The maximum Gasteiger partial charge on any atom is 0.272 e. The van der Waals surface area contributed by atoms with Gasteiger partial charge in [-0.1, -0.05) is 17.7 Å². The molecule has 1 aliphatic heterocycles. The largest absolute Gasteiger partial charge is 0.368 e. The van der Waals surface area contributed by atoms with E-state index in [1.807, 2.05) is 24.3 Å². The Morgan fingerprint density at radius 2 is 1.80 bits per heavy atom. The standard InChI is InChI=1S/C18H20ClN5O/c19-13-2-1-3-15(12-13)23-8-10-24(11-9-23)17-7-6-16(21-22-17)18(25)20-14-4-5-14/h1-3,6-7,12,14H,4-5,8-11H2,(H,20,25). The molecule has 6 nitrogen and oxygen atoms in total. The molecule has 1 aliphatic carbocycles. The van der Waals surface area contributed by atoms with Crippen molar-refractivity contribution in [2.75, 3.05) is 36.0 Å². The van der Waals surface area contributed by atoms with E-state index >= 15 is 0 Å². The molecule has 0 atom stereocenters. The fraction of sp³-hybridized carbons (Fsp3) is 0.389. The van der Waals surface area contributed by atoms with Crippen LogP contribution in [-0.4, -0.2) is 48.3 Å². The van der Waals surface area contributed by atoms with E-state index in [0.29, 0.717) is 11.7 Å². The Bertz CT molecular complexity index is 754. The number of hydrogen-bond acceptors (Lipinski definition) is 5. The smallest absolute Gasteiger partial charge is 0.272 e. The van der Waals surface area contributed by atoms with Crippen molar-refractivity contribution in [3.8, 4) is 0 Å². The van der Waals surface area contributed by atoms with Crippen molar-refractivity contribution in [1.29, 1.82) is 0 Å². The summed E-state index contributed by atoms with van der Waals surface area (Å²) in [7, 11) is 0. The average Bonchev–Trinajstić information content (AvgIpc) is 3.46. The molecular weight excluding hydrogens is 338 g/mol. The minimum atomic E-state index is -0.132. The SMILES string of the molecule is O=C(NC1CC1)c1ccc(N2CCN(c3cccc(Cl)c3)CC2)nn1. The number of amides is 1. The highest BCUT2D eigenvalue weighted by molar-refractivity contribution is 6.30. The quantitative estimate of drug-likeness (QED) is 0.910. The molecule has 2 aliphatic rings. The molecule has 2 aromatic rings. The van der Waals surface area contributed by atoms with Gasteiger partial charge in [0.05, 0.1) is 0 Å². The van der Waals surface area contributed by atoms with Crippen molar-refractivity contribution in [1.82, 2.24) is 15.5 Å². The highest BCUT2D eigenvalue weighted by atomic mass is 35.5. The van der Waals surface area contributed by atoms with E-state index in [1.165, 1.54) is 0 Å². The highest BCUT2D eigenvalue weighted by Crippen LogP contribution is 2.22. The highest BCUT2D eigenvalue weighted by Gasteiger charge is 2.25. The normalized spacial score (nSPS) is 17.5. The fourth-order valence-electron chi connectivity index (χ4n) is 2.97. The first-order valence-electron chi connectivity index (χ1n) is 8.59. The van der Waals surface area contributed by atoms with Crippen LogP contribution in [-0.2, 0) is 0 Å². The van der Waals surface area contributed by atoms with Crippen LogP contribution < -0.4 is 15.1 Å². The monoisotopic (exact) mass is 357 g/mol. The van der Waals surface area contributed by atoms with Crippen LogP contribution in [0, 0.1) is 0 Å². The predicted octanol–water partition coefficient (Wildman–Crippen LogP) is 2.35. The molecule has 0 radical (unpaired) electrons. The van der Waals surface area contributed by atoms with Crippen LogP contribution in [0.25, 0.3) is 0 Å². The van der Waals surface area contributed by atoms with Crippen LogP contribution in [0.4, 0.5) is 11.5 Å². The third kappa shape index (κ3) is 3.85. The summed E-state index contributed by atoms with van der Waals surface area (Å²) in [6, 6.07) is 11.9. The molecule has 1 saturated carbocycles. The molecule has 7 heteroatoms. The topological polar surface area (TPSA) is 61.4 Å². The number of anilines is 2. The Morgan fingerprint density at radius 1 is 1.04 bits per heavy atom. The van der Waals surface area contributed by atoms with E-state index in [4.69, 9.17) is 11.6 Å². The second-order valence-corrected chi connectivity index (χ2v) is 6.91. The number of nitrogens with zero attached hydrogens (tertiary/aromatic N) is 4. The molecule has 2 heterocycles. The lowest BCUT2D eigenvalue weighted by Crippen LogP contribution is -2.47. The molecule has 1 N–H and O–H groups in total. The number of aromatic nitrogens is 2. The Balaban J connectivity index is 1.36. The lowest BCUT2D eigenvalue weighted by molar-refractivity contribution is 0.0945. The number of piperazine rings is 1. The fourth-order valence-corrected chi connectivity index (χ4v) is 3.15. The van der Waals surface area contributed by atoms with Crippen LogP contribution in [0.2, 0.25) is 5.02 Å². The number of benzene rings is 1. The van der Waals surface area contributed by atoms with Crippen LogP contribution in [0.3, 0.4) is 0 Å². The third-order valence-electron chi connectivity index (χ3n) is 4.57. The summed E-state index contributed by atoms with van der Waals surface area (Å²) in [4.78, 5) is 16.5. The summed E-state index contributed by atoms with van der Waals surface area (Å²) in [5, 5.41) is 12.0. The van der Waals surface area contributed by atoms with Crippen molar-refractivity contribution < 1.29 is 4.79 Å². The summed E-state index contributed by atoms with van der Waals surface area (Å²) in [5.74, 6) is 0.682. The van der Waals surface area contributed by atoms with Gasteiger partial charge in [0.1, 0.15) is 0 Å². The van der Waals surface area contributed by atoms with Crippen LogP contribution in [0.5, 0.6) is 0 Å². The number of carbonyl (C=O) groups excluding carboxylic acids is 1. The Morgan fingerprint density at radius 3 is 2.44 bits per heavy atom. The predicted molar refractivity (Wildman–Crippen MR) is 98.4 cm³/mol. The van der Waals surface area contributed by atoms with Crippen LogP contribution in [0.1, 0.15) is 23.3 Å². The Kier molecular flexibility index (Phi) is 4.44. The van der Waals surface area contributed by atoms with Gasteiger partial charge in [-0.15, -0.1) is 10.2 Å². The van der Waals surface area contributed by atoms with Gasteiger partial charge in [-0.2, -0.15) is 0 Å². The van der Waals surface area contributed by atoms with E-state index in [-0.39, 0.29) is 5.91 Å². The van der Waals surface area contributed by atoms with Crippen molar-refractivity contribution in [2.45, 2.75) is 18.9 Å². The first kappa shape index (κ1) is 16.1. The van der Waals surface area contributed by atoms with Gasteiger partial charge in [0.25, 0.3) is 5.91 Å². The zero-order valence-electron chi connectivity index (χ0n) is 13.9. The molecule has 0 bridgehead atoms. The average molecular weight is 358 g/mol. The number of rotatable bonds is 4. The molecule has 1 aromatic carbocycles. The van der Waals surface area contributed by atoms with Crippen LogP contribution in [0.15, 0.2) is 36.4 Å². The lowest BCUT2D eigenvalue weighted by Gasteiger charge is -2.36. The number of hydrogen-bond donors (Lipinski definition) is 1. The van der Waals surface area contributed by atoms with Gasteiger partial charge < -0.3 is 15.1 Å². The summed E-state index contributed by atoms with van der Waals surface area (Å²) in [6.07, 6.45) is 2.13. The van der Waals surface area contributed by atoms with Crippen molar-refractivity contribution in [3.05, 3.63) is 47.1 Å². The molecule has 0 unspecified atom stereocenters. The molecule has 2 fully saturated rings. The molecule has 1 amide bonds. The number of carbonyl (C=O) groups is 1. The maximum atomic E-state index is 12.0. The summed E-state index contributed by atoms with van der Waals surface area (Å²) >= 11 is 6.08. The molecule has 4 rings (SSSR count). The lowest BCUT2D eigenvalue weighted by atomic mass is 10.2. The first-order chi connectivity index (χ1) is 12.2.